The molecule has 3 rings (SSSR count). The van der Waals surface area contributed by atoms with Crippen molar-refractivity contribution in [1.82, 2.24) is 0 Å². The molecule has 2 heterocycles. The normalized spacial score (nSPS) is 23.1. The van der Waals surface area contributed by atoms with Crippen LogP contribution >= 0.6 is 11.8 Å². The zero-order valence-electron chi connectivity index (χ0n) is 12.0. The third kappa shape index (κ3) is 3.10. The van der Waals surface area contributed by atoms with Crippen LogP contribution in [0.25, 0.3) is 0 Å². The van der Waals surface area contributed by atoms with E-state index >= 15 is 0 Å². The second-order valence-electron chi connectivity index (χ2n) is 5.39. The number of anilines is 2. The number of hydrogen-bond acceptors (Lipinski definition) is 4. The smallest absolute Gasteiger partial charge is 0.414 e. The fourth-order valence-electron chi connectivity index (χ4n) is 2.72. The highest BCUT2D eigenvalue weighted by molar-refractivity contribution is 7.99. The van der Waals surface area contributed by atoms with Crippen LogP contribution in [0, 0.1) is 5.82 Å². The van der Waals surface area contributed by atoms with E-state index in [0.717, 1.165) is 31.0 Å². The van der Waals surface area contributed by atoms with Gasteiger partial charge in [0.1, 0.15) is 11.9 Å². The van der Waals surface area contributed by atoms with Gasteiger partial charge < -0.3 is 9.64 Å². The van der Waals surface area contributed by atoms with Crippen molar-refractivity contribution < 1.29 is 13.9 Å². The third-order valence-corrected chi connectivity index (χ3v) is 4.82. The number of amides is 1. The summed E-state index contributed by atoms with van der Waals surface area (Å²) >= 11 is 1.91. The molecular formula is C15H19FN2O2S. The molecule has 4 nitrogen and oxygen atoms in total. The largest absolute Gasteiger partial charge is 0.444 e. The van der Waals surface area contributed by atoms with Gasteiger partial charge in [-0.2, -0.15) is 11.8 Å². The van der Waals surface area contributed by atoms with Gasteiger partial charge in [-0.05, 0) is 37.3 Å². The van der Waals surface area contributed by atoms with E-state index in [4.69, 9.17) is 4.74 Å². The molecule has 1 atom stereocenters. The first-order chi connectivity index (χ1) is 10.1. The summed E-state index contributed by atoms with van der Waals surface area (Å²) in [4.78, 5) is 15.3. The van der Waals surface area contributed by atoms with Gasteiger partial charge in [-0.3, -0.25) is 4.90 Å². The molecule has 2 fully saturated rings. The van der Waals surface area contributed by atoms with E-state index in [1.165, 1.54) is 11.0 Å². The number of carbonyl (C=O) groups excluding carboxylic acids is 1. The number of thioether (sulfide) groups is 1. The van der Waals surface area contributed by atoms with Crippen molar-refractivity contribution in [2.45, 2.75) is 19.4 Å². The quantitative estimate of drug-likeness (QED) is 0.840. The Bertz CT molecular complexity index is 532. The fraction of sp³-hybridized carbons (Fsp3) is 0.533. The number of rotatable bonds is 2. The topological polar surface area (TPSA) is 32.8 Å². The summed E-state index contributed by atoms with van der Waals surface area (Å²) in [5.74, 6) is 1.89. The van der Waals surface area contributed by atoms with Gasteiger partial charge in [0.15, 0.2) is 0 Å². The Balaban J connectivity index is 1.81. The number of halogens is 1. The summed E-state index contributed by atoms with van der Waals surface area (Å²) < 4.78 is 19.5. The van der Waals surface area contributed by atoms with Crippen LogP contribution in [-0.2, 0) is 4.74 Å². The predicted octanol–water partition coefficient (Wildman–Crippen LogP) is 3.11. The van der Waals surface area contributed by atoms with Gasteiger partial charge in [-0.15, -0.1) is 0 Å². The molecule has 6 heteroatoms. The average Bonchev–Trinajstić information content (AvgIpc) is 2.67. The highest BCUT2D eigenvalue weighted by atomic mass is 32.2. The number of ether oxygens (including phenoxy) is 1. The van der Waals surface area contributed by atoms with Crippen LogP contribution in [-0.4, -0.2) is 43.3 Å². The number of carbonyl (C=O) groups is 1. The lowest BCUT2D eigenvalue weighted by atomic mass is 10.2. The van der Waals surface area contributed by atoms with Crippen LogP contribution < -0.4 is 9.80 Å². The maximum Gasteiger partial charge on any atom is 0.414 e. The third-order valence-electron chi connectivity index (χ3n) is 3.77. The second-order valence-corrected chi connectivity index (χ2v) is 6.62. The number of hydrogen-bond donors (Lipinski definition) is 0. The minimum absolute atomic E-state index is 0.150. The van der Waals surface area contributed by atoms with E-state index < -0.39 is 6.09 Å². The molecule has 0 unspecified atom stereocenters. The number of cyclic esters (lactones) is 1. The van der Waals surface area contributed by atoms with E-state index in [-0.39, 0.29) is 11.9 Å². The lowest BCUT2D eigenvalue weighted by Gasteiger charge is -2.24. The molecule has 0 radical (unpaired) electrons. The van der Waals surface area contributed by atoms with Gasteiger partial charge in [-0.1, -0.05) is 0 Å². The van der Waals surface area contributed by atoms with E-state index in [1.54, 1.807) is 12.1 Å². The summed E-state index contributed by atoms with van der Waals surface area (Å²) in [5.41, 5.74) is 1.19. The lowest BCUT2D eigenvalue weighted by Crippen LogP contribution is -2.27. The van der Waals surface area contributed by atoms with Crippen molar-refractivity contribution in [2.75, 3.05) is 40.9 Å². The molecule has 1 aromatic rings. The van der Waals surface area contributed by atoms with Crippen LogP contribution in [0.1, 0.15) is 13.3 Å². The van der Waals surface area contributed by atoms with Gasteiger partial charge >= 0.3 is 6.09 Å². The standard InChI is InChI=1S/C15H19FN2O2S/c1-11-10-18(15(19)20-11)12-3-4-14(13(16)9-12)17-5-2-7-21-8-6-17/h3-4,9,11H,2,5-8,10H2,1H3/t11-/m0/s1. The summed E-state index contributed by atoms with van der Waals surface area (Å²) in [7, 11) is 0. The fourth-order valence-corrected chi connectivity index (χ4v) is 3.61. The van der Waals surface area contributed by atoms with Crippen LogP contribution in [0.4, 0.5) is 20.6 Å². The predicted molar refractivity (Wildman–Crippen MR) is 83.8 cm³/mol. The summed E-state index contributed by atoms with van der Waals surface area (Å²) in [6.45, 7) is 4.05. The van der Waals surface area contributed by atoms with Crippen molar-refractivity contribution in [2.24, 2.45) is 0 Å². The Morgan fingerprint density at radius 2 is 2.19 bits per heavy atom. The molecule has 2 saturated heterocycles. The molecule has 0 bridgehead atoms. The number of benzene rings is 1. The van der Waals surface area contributed by atoms with Crippen molar-refractivity contribution in [1.29, 1.82) is 0 Å². The molecule has 114 valence electrons. The van der Waals surface area contributed by atoms with E-state index in [0.29, 0.717) is 17.9 Å². The molecule has 0 spiro atoms. The zero-order valence-corrected chi connectivity index (χ0v) is 12.9. The van der Waals surface area contributed by atoms with Crippen molar-refractivity contribution in [3.05, 3.63) is 24.0 Å². The highest BCUT2D eigenvalue weighted by Crippen LogP contribution is 2.28. The Hall–Kier alpha value is -1.43. The molecule has 0 aromatic heterocycles. The maximum absolute atomic E-state index is 14.4. The molecule has 21 heavy (non-hydrogen) atoms. The Morgan fingerprint density at radius 1 is 1.33 bits per heavy atom. The van der Waals surface area contributed by atoms with Crippen LogP contribution in [0.2, 0.25) is 0 Å². The van der Waals surface area contributed by atoms with E-state index in [1.807, 2.05) is 18.7 Å². The van der Waals surface area contributed by atoms with Crippen LogP contribution in [0.15, 0.2) is 18.2 Å². The lowest BCUT2D eigenvalue weighted by molar-refractivity contribution is 0.150. The molecule has 0 aliphatic carbocycles. The van der Waals surface area contributed by atoms with Gasteiger partial charge in [0.25, 0.3) is 0 Å². The van der Waals surface area contributed by atoms with Crippen molar-refractivity contribution in [3.63, 3.8) is 0 Å². The van der Waals surface area contributed by atoms with E-state index in [2.05, 4.69) is 4.90 Å². The first-order valence-electron chi connectivity index (χ1n) is 7.25. The van der Waals surface area contributed by atoms with Gasteiger partial charge in [0, 0.05) is 18.8 Å². The molecule has 1 amide bonds. The molecular weight excluding hydrogens is 291 g/mol. The minimum atomic E-state index is -0.402. The minimum Gasteiger partial charge on any atom is -0.444 e. The SMILES string of the molecule is C[C@H]1CN(c2ccc(N3CCCSCC3)c(F)c2)C(=O)O1. The highest BCUT2D eigenvalue weighted by Gasteiger charge is 2.30. The summed E-state index contributed by atoms with van der Waals surface area (Å²) in [5, 5.41) is 0. The second kappa shape index (κ2) is 6.13. The molecule has 2 aliphatic rings. The summed E-state index contributed by atoms with van der Waals surface area (Å²) in [6.07, 6.45) is 0.519. The Kier molecular flexibility index (Phi) is 4.24. The first-order valence-corrected chi connectivity index (χ1v) is 8.41. The molecule has 1 aromatic carbocycles. The summed E-state index contributed by atoms with van der Waals surface area (Å²) in [6, 6.07) is 5.01. The monoisotopic (exact) mass is 310 g/mol. The van der Waals surface area contributed by atoms with Gasteiger partial charge in [0.05, 0.1) is 17.9 Å². The molecule has 2 aliphatic heterocycles. The van der Waals surface area contributed by atoms with Crippen molar-refractivity contribution in [3.8, 4) is 0 Å². The Morgan fingerprint density at radius 3 is 2.90 bits per heavy atom. The average molecular weight is 310 g/mol. The van der Waals surface area contributed by atoms with Crippen molar-refractivity contribution >= 4 is 29.2 Å². The molecule has 0 saturated carbocycles. The Labute approximate surface area is 128 Å². The van der Waals surface area contributed by atoms with Gasteiger partial charge in [0.2, 0.25) is 0 Å². The number of nitrogens with zero attached hydrogens (tertiary/aromatic N) is 2. The first kappa shape index (κ1) is 14.5. The van der Waals surface area contributed by atoms with E-state index in [9.17, 15) is 9.18 Å². The molecule has 0 N–H and O–H groups in total. The van der Waals surface area contributed by atoms with Gasteiger partial charge in [-0.25, -0.2) is 9.18 Å². The van der Waals surface area contributed by atoms with Crippen LogP contribution in [0.3, 0.4) is 0 Å². The van der Waals surface area contributed by atoms with Crippen LogP contribution in [0.5, 0.6) is 0 Å². The zero-order chi connectivity index (χ0) is 14.8. The maximum atomic E-state index is 14.4.